The molecule has 2 aromatic carbocycles. The monoisotopic (exact) mass is 355 g/mol. The van der Waals surface area contributed by atoms with Gasteiger partial charge in [-0.25, -0.2) is 4.39 Å². The number of Topliss-reactive ketones (excluding diaryl/α,β-unsaturated/α-hetero) is 1. The number of carbonyl (C=O) groups is 1. The number of nitrogens with one attached hydrogen (secondary N) is 1. The second-order valence-electron chi connectivity index (χ2n) is 6.63. The molecule has 1 heterocycles. The third kappa shape index (κ3) is 4.61. The van der Waals surface area contributed by atoms with Gasteiger partial charge in [0.05, 0.1) is 0 Å². The summed E-state index contributed by atoms with van der Waals surface area (Å²) in [6, 6.07) is 14.8. The molecule has 2 aromatic rings. The van der Waals surface area contributed by atoms with Crippen LogP contribution in [0, 0.1) is 5.82 Å². The molecule has 0 spiro atoms. The maximum absolute atomic E-state index is 13.3. The fourth-order valence-electron chi connectivity index (χ4n) is 3.43. The van der Waals surface area contributed by atoms with Crippen molar-refractivity contribution in [3.8, 4) is 0 Å². The molecule has 0 bridgehead atoms. The summed E-state index contributed by atoms with van der Waals surface area (Å²) in [7, 11) is 1.71. The van der Waals surface area contributed by atoms with Crippen molar-refractivity contribution < 1.29 is 9.18 Å². The van der Waals surface area contributed by atoms with Crippen molar-refractivity contribution >= 4 is 17.2 Å². The predicted molar refractivity (Wildman–Crippen MR) is 105 cm³/mol. The molecule has 1 N–H and O–H groups in total. The van der Waals surface area contributed by atoms with Crippen LogP contribution < -0.4 is 10.2 Å². The molecule has 1 aliphatic heterocycles. The van der Waals surface area contributed by atoms with Crippen molar-refractivity contribution in [2.24, 2.45) is 0 Å². The average Bonchev–Trinajstić information content (AvgIpc) is 2.69. The number of benzene rings is 2. The predicted octanol–water partition coefficient (Wildman–Crippen LogP) is 3.65. The molecule has 0 unspecified atom stereocenters. The highest BCUT2D eigenvalue weighted by atomic mass is 19.1. The highest BCUT2D eigenvalue weighted by Crippen LogP contribution is 2.20. The molecule has 26 heavy (non-hydrogen) atoms. The lowest BCUT2D eigenvalue weighted by Gasteiger charge is -2.36. The maximum Gasteiger partial charge on any atom is 0.165 e. The van der Waals surface area contributed by atoms with E-state index in [4.69, 9.17) is 0 Å². The molecular formula is C21H26FN3O. The summed E-state index contributed by atoms with van der Waals surface area (Å²) in [4.78, 5) is 17.2. The number of para-hydroxylation sites is 1. The summed E-state index contributed by atoms with van der Waals surface area (Å²) < 4.78 is 13.3. The minimum absolute atomic E-state index is 0.0669. The molecule has 3 rings (SSSR count). The topological polar surface area (TPSA) is 35.6 Å². The Morgan fingerprint density at radius 3 is 2.50 bits per heavy atom. The van der Waals surface area contributed by atoms with E-state index < -0.39 is 0 Å². The van der Waals surface area contributed by atoms with E-state index in [9.17, 15) is 9.18 Å². The Bertz CT molecular complexity index is 727. The summed E-state index contributed by atoms with van der Waals surface area (Å²) in [5.74, 6) is -0.264. The molecule has 0 atom stereocenters. The number of carbonyl (C=O) groups excluding carboxylic acids is 1. The molecule has 5 heteroatoms. The van der Waals surface area contributed by atoms with Crippen molar-refractivity contribution in [1.29, 1.82) is 0 Å². The smallest absolute Gasteiger partial charge is 0.165 e. The van der Waals surface area contributed by atoms with Gasteiger partial charge in [0.2, 0.25) is 0 Å². The van der Waals surface area contributed by atoms with Crippen molar-refractivity contribution in [3.63, 3.8) is 0 Å². The Kier molecular flexibility index (Phi) is 6.23. The van der Waals surface area contributed by atoms with Crippen LogP contribution in [-0.2, 0) is 0 Å². The Labute approximate surface area is 154 Å². The first-order valence-corrected chi connectivity index (χ1v) is 9.20. The zero-order valence-corrected chi connectivity index (χ0v) is 15.2. The Morgan fingerprint density at radius 1 is 1.08 bits per heavy atom. The summed E-state index contributed by atoms with van der Waals surface area (Å²) in [5.41, 5.74) is 2.41. The van der Waals surface area contributed by atoms with Crippen LogP contribution in [0.5, 0.6) is 0 Å². The minimum atomic E-state index is -0.331. The molecule has 0 saturated carbocycles. The number of anilines is 2. The van der Waals surface area contributed by atoms with Gasteiger partial charge in [0.25, 0.3) is 0 Å². The molecule has 4 nitrogen and oxygen atoms in total. The van der Waals surface area contributed by atoms with Crippen molar-refractivity contribution in [2.75, 3.05) is 50.0 Å². The molecule has 0 aromatic heterocycles. The standard InChI is InChI=1S/C21H26FN3O/c1-23-20-16-17(22)9-10-19(20)21(26)8-5-11-24-12-14-25(15-13-24)18-6-3-2-4-7-18/h2-4,6-7,9-10,16,23H,5,8,11-15H2,1H3. The van der Waals surface area contributed by atoms with Gasteiger partial charge in [-0.2, -0.15) is 0 Å². The van der Waals surface area contributed by atoms with Gasteiger partial charge in [-0.3, -0.25) is 9.69 Å². The lowest BCUT2D eigenvalue weighted by Crippen LogP contribution is -2.46. The summed E-state index contributed by atoms with van der Waals surface area (Å²) >= 11 is 0. The first kappa shape index (κ1) is 18.4. The molecular weight excluding hydrogens is 329 g/mol. The highest BCUT2D eigenvalue weighted by Gasteiger charge is 2.17. The first-order chi connectivity index (χ1) is 12.7. The van der Waals surface area contributed by atoms with E-state index in [1.807, 2.05) is 6.07 Å². The molecule has 138 valence electrons. The molecule has 0 amide bonds. The van der Waals surface area contributed by atoms with Crippen LogP contribution in [0.15, 0.2) is 48.5 Å². The summed E-state index contributed by atoms with van der Waals surface area (Å²) in [6.45, 7) is 4.98. The third-order valence-electron chi connectivity index (χ3n) is 4.92. The van der Waals surface area contributed by atoms with E-state index in [2.05, 4.69) is 39.4 Å². The molecule has 1 fully saturated rings. The van der Waals surface area contributed by atoms with Gasteiger partial charge in [-0.1, -0.05) is 18.2 Å². The van der Waals surface area contributed by atoms with Crippen molar-refractivity contribution in [2.45, 2.75) is 12.8 Å². The van der Waals surface area contributed by atoms with E-state index >= 15 is 0 Å². The largest absolute Gasteiger partial charge is 0.387 e. The van der Waals surface area contributed by atoms with Gasteiger partial charge in [0.15, 0.2) is 5.78 Å². The molecule has 0 radical (unpaired) electrons. The van der Waals surface area contributed by atoms with Crippen molar-refractivity contribution in [1.82, 2.24) is 4.90 Å². The van der Waals surface area contributed by atoms with E-state index in [1.165, 1.54) is 17.8 Å². The van der Waals surface area contributed by atoms with Crippen LogP contribution in [0.2, 0.25) is 0 Å². The van der Waals surface area contributed by atoms with Crippen molar-refractivity contribution in [3.05, 3.63) is 59.9 Å². The lowest BCUT2D eigenvalue weighted by molar-refractivity contribution is 0.0975. The van der Waals surface area contributed by atoms with Crippen LogP contribution >= 0.6 is 0 Å². The summed E-state index contributed by atoms with van der Waals surface area (Å²) in [6.07, 6.45) is 1.31. The van der Waals surface area contributed by atoms with E-state index in [-0.39, 0.29) is 11.6 Å². The highest BCUT2D eigenvalue weighted by molar-refractivity contribution is 6.01. The SMILES string of the molecule is CNc1cc(F)ccc1C(=O)CCCN1CCN(c2ccccc2)CC1. The van der Waals surface area contributed by atoms with Gasteiger partial charge in [-0.15, -0.1) is 0 Å². The number of rotatable bonds is 7. The Balaban J connectivity index is 1.44. The maximum atomic E-state index is 13.3. The van der Waals surface area contributed by atoms with Crippen LogP contribution in [-0.4, -0.2) is 50.5 Å². The molecule has 0 aliphatic carbocycles. The fourth-order valence-corrected chi connectivity index (χ4v) is 3.43. The number of hydrogen-bond donors (Lipinski definition) is 1. The fraction of sp³-hybridized carbons (Fsp3) is 0.381. The first-order valence-electron chi connectivity index (χ1n) is 9.20. The second kappa shape index (κ2) is 8.81. The minimum Gasteiger partial charge on any atom is -0.387 e. The van der Waals surface area contributed by atoms with E-state index in [1.54, 1.807) is 13.1 Å². The normalized spacial score (nSPS) is 15.1. The van der Waals surface area contributed by atoms with Gasteiger partial charge < -0.3 is 10.2 Å². The van der Waals surface area contributed by atoms with Crippen LogP contribution in [0.1, 0.15) is 23.2 Å². The molecule has 1 aliphatic rings. The number of piperazine rings is 1. The quantitative estimate of drug-likeness (QED) is 0.769. The average molecular weight is 355 g/mol. The van der Waals surface area contributed by atoms with Crippen LogP contribution in [0.25, 0.3) is 0 Å². The van der Waals surface area contributed by atoms with Gasteiger partial charge in [0.1, 0.15) is 5.82 Å². The number of ketones is 1. The van der Waals surface area contributed by atoms with Crippen LogP contribution in [0.4, 0.5) is 15.8 Å². The third-order valence-corrected chi connectivity index (χ3v) is 4.92. The van der Waals surface area contributed by atoms with E-state index in [0.29, 0.717) is 17.7 Å². The Morgan fingerprint density at radius 2 is 1.81 bits per heavy atom. The van der Waals surface area contributed by atoms with Crippen LogP contribution in [0.3, 0.4) is 0 Å². The lowest BCUT2D eigenvalue weighted by atomic mass is 10.0. The summed E-state index contributed by atoms with van der Waals surface area (Å²) in [5, 5.41) is 2.90. The second-order valence-corrected chi connectivity index (χ2v) is 6.63. The van der Waals surface area contributed by atoms with Gasteiger partial charge >= 0.3 is 0 Å². The Hall–Kier alpha value is -2.40. The molecule has 1 saturated heterocycles. The van der Waals surface area contributed by atoms with Gasteiger partial charge in [-0.05, 0) is 43.3 Å². The number of nitrogens with zero attached hydrogens (tertiary/aromatic N) is 2. The van der Waals surface area contributed by atoms with Gasteiger partial charge in [0, 0.05) is 56.6 Å². The zero-order valence-electron chi connectivity index (χ0n) is 15.2. The number of halogens is 1. The number of hydrogen-bond acceptors (Lipinski definition) is 4. The van der Waals surface area contributed by atoms with E-state index in [0.717, 1.165) is 39.1 Å². The zero-order chi connectivity index (χ0) is 18.4.